The molecule has 6 heteroatoms. The highest BCUT2D eigenvalue weighted by molar-refractivity contribution is 9.10. The van der Waals surface area contributed by atoms with Crippen molar-refractivity contribution in [1.82, 2.24) is 10.2 Å². The van der Waals surface area contributed by atoms with Gasteiger partial charge in [0.15, 0.2) is 5.79 Å². The number of methoxy groups -OCH3 is 2. The van der Waals surface area contributed by atoms with Gasteiger partial charge in [0.25, 0.3) is 5.91 Å². The van der Waals surface area contributed by atoms with Crippen LogP contribution >= 0.6 is 15.9 Å². The van der Waals surface area contributed by atoms with Gasteiger partial charge in [0.05, 0.1) is 0 Å². The molecule has 3 rings (SSSR count). The van der Waals surface area contributed by atoms with E-state index in [2.05, 4.69) is 38.3 Å². The molecule has 0 spiro atoms. The normalized spacial score (nSPS) is 25.3. The summed E-state index contributed by atoms with van der Waals surface area (Å²) in [5.74, 6) is -0.154. The quantitative estimate of drug-likeness (QED) is 0.564. The number of rotatable bonds is 6. The number of nitrogens with zero attached hydrogens (tertiary/aromatic N) is 1. The molecule has 5 nitrogen and oxygen atoms in total. The molecule has 1 aliphatic carbocycles. The first kappa shape index (κ1) is 19.5. The second-order valence-electron chi connectivity index (χ2n) is 7.03. The minimum Gasteiger partial charge on any atom is -0.353 e. The number of halogens is 1. The molecule has 1 saturated carbocycles. The molecule has 1 fully saturated rings. The Hall–Kier alpha value is -1.21. The van der Waals surface area contributed by atoms with Crippen molar-refractivity contribution in [2.24, 2.45) is 5.92 Å². The lowest BCUT2D eigenvalue weighted by atomic mass is 9.79. The van der Waals surface area contributed by atoms with Crippen molar-refractivity contribution in [2.45, 2.75) is 31.1 Å². The molecule has 0 aromatic heterocycles. The summed E-state index contributed by atoms with van der Waals surface area (Å²) in [7, 11) is 3.44. The molecule has 1 aliphatic heterocycles. The Balaban J connectivity index is 1.65. The van der Waals surface area contributed by atoms with Crippen molar-refractivity contribution >= 4 is 21.8 Å². The SMILES string of the molecule is COC1(OC)CCC(CNC(=O)c2ccc(Br)cc2)C(N2CC=CC2)C1. The van der Waals surface area contributed by atoms with Gasteiger partial charge in [0.1, 0.15) is 0 Å². The molecule has 1 N–H and O–H groups in total. The fourth-order valence-electron chi connectivity index (χ4n) is 4.00. The molecule has 2 unspecified atom stereocenters. The lowest BCUT2D eigenvalue weighted by Gasteiger charge is -2.46. The second-order valence-corrected chi connectivity index (χ2v) is 7.95. The summed E-state index contributed by atoms with van der Waals surface area (Å²) < 4.78 is 12.4. The number of amides is 1. The number of nitrogens with one attached hydrogen (secondary N) is 1. The minimum absolute atomic E-state index is 0.0221. The molecule has 1 amide bonds. The van der Waals surface area contributed by atoms with Crippen molar-refractivity contribution in [1.29, 1.82) is 0 Å². The van der Waals surface area contributed by atoms with Crippen LogP contribution in [0.15, 0.2) is 40.9 Å². The first-order valence-corrected chi connectivity index (χ1v) is 9.89. The van der Waals surface area contributed by atoms with Crippen LogP contribution in [0.5, 0.6) is 0 Å². The van der Waals surface area contributed by atoms with Crippen LogP contribution in [-0.4, -0.2) is 56.5 Å². The third-order valence-electron chi connectivity index (χ3n) is 5.65. The van der Waals surface area contributed by atoms with E-state index in [1.165, 1.54) is 0 Å². The Morgan fingerprint density at radius 2 is 1.88 bits per heavy atom. The molecule has 0 bridgehead atoms. The molecular weight excluding hydrogens is 396 g/mol. The lowest BCUT2D eigenvalue weighted by molar-refractivity contribution is -0.237. The van der Waals surface area contributed by atoms with Crippen LogP contribution < -0.4 is 5.32 Å². The fraction of sp³-hybridized carbons (Fsp3) is 0.550. The molecule has 26 heavy (non-hydrogen) atoms. The van der Waals surface area contributed by atoms with E-state index in [4.69, 9.17) is 9.47 Å². The van der Waals surface area contributed by atoms with E-state index in [0.717, 1.165) is 36.8 Å². The van der Waals surface area contributed by atoms with Gasteiger partial charge in [-0.05, 0) is 36.6 Å². The smallest absolute Gasteiger partial charge is 0.251 e. The number of hydrogen-bond donors (Lipinski definition) is 1. The second kappa shape index (κ2) is 8.65. The monoisotopic (exact) mass is 422 g/mol. The average Bonchev–Trinajstić information content (AvgIpc) is 3.21. The highest BCUT2D eigenvalue weighted by Gasteiger charge is 2.43. The molecule has 142 valence electrons. The van der Waals surface area contributed by atoms with Crippen LogP contribution in [0.1, 0.15) is 29.6 Å². The minimum atomic E-state index is -0.514. The maximum atomic E-state index is 12.5. The van der Waals surface area contributed by atoms with E-state index >= 15 is 0 Å². The molecule has 1 aromatic rings. The molecule has 0 radical (unpaired) electrons. The van der Waals surface area contributed by atoms with Gasteiger partial charge in [-0.1, -0.05) is 28.1 Å². The van der Waals surface area contributed by atoms with Crippen molar-refractivity contribution in [2.75, 3.05) is 33.9 Å². The first-order valence-electron chi connectivity index (χ1n) is 9.10. The lowest BCUT2D eigenvalue weighted by Crippen LogP contribution is -2.53. The van der Waals surface area contributed by atoms with Gasteiger partial charge in [-0.15, -0.1) is 0 Å². The van der Waals surface area contributed by atoms with Crippen molar-refractivity contribution in [3.8, 4) is 0 Å². The van der Waals surface area contributed by atoms with Crippen molar-refractivity contribution in [3.05, 3.63) is 46.5 Å². The third kappa shape index (κ3) is 4.36. The summed E-state index contributed by atoms with van der Waals surface area (Å²) in [5.41, 5.74) is 0.687. The Kier molecular flexibility index (Phi) is 6.51. The Morgan fingerprint density at radius 3 is 2.50 bits per heavy atom. The van der Waals surface area contributed by atoms with E-state index < -0.39 is 5.79 Å². The van der Waals surface area contributed by atoms with Gasteiger partial charge < -0.3 is 14.8 Å². The zero-order valence-electron chi connectivity index (χ0n) is 15.4. The summed E-state index contributed by atoms with van der Waals surface area (Å²) in [4.78, 5) is 14.9. The first-order chi connectivity index (χ1) is 12.6. The van der Waals surface area contributed by atoms with Gasteiger partial charge in [-0.3, -0.25) is 9.69 Å². The summed E-state index contributed by atoms with van der Waals surface area (Å²) in [6.07, 6.45) is 7.03. The zero-order chi connectivity index (χ0) is 18.6. The third-order valence-corrected chi connectivity index (χ3v) is 6.18. The largest absolute Gasteiger partial charge is 0.353 e. The van der Waals surface area contributed by atoms with Gasteiger partial charge in [0.2, 0.25) is 0 Å². The van der Waals surface area contributed by atoms with E-state index in [0.29, 0.717) is 24.1 Å². The molecule has 2 aliphatic rings. The number of ether oxygens (including phenoxy) is 2. The Labute approximate surface area is 163 Å². The number of carbonyl (C=O) groups excluding carboxylic acids is 1. The Bertz CT molecular complexity index is 635. The molecule has 2 atom stereocenters. The van der Waals surface area contributed by atoms with Crippen LogP contribution in [0, 0.1) is 5.92 Å². The van der Waals surface area contributed by atoms with E-state index in [9.17, 15) is 4.79 Å². The summed E-state index contributed by atoms with van der Waals surface area (Å²) in [6, 6.07) is 7.77. The summed E-state index contributed by atoms with van der Waals surface area (Å²) in [5, 5.41) is 3.12. The highest BCUT2D eigenvalue weighted by Crippen LogP contribution is 2.38. The maximum Gasteiger partial charge on any atom is 0.251 e. The standard InChI is InChI=1S/C20H27BrN2O3/c1-25-20(26-2)10-9-16(18(13-20)23-11-3-4-12-23)14-22-19(24)15-5-7-17(21)8-6-15/h3-8,16,18H,9-14H2,1-2H3,(H,22,24). The van der Waals surface area contributed by atoms with E-state index in [1.54, 1.807) is 14.2 Å². The molecule has 1 heterocycles. The Morgan fingerprint density at radius 1 is 1.23 bits per heavy atom. The van der Waals surface area contributed by atoms with Gasteiger partial charge in [0, 0.05) is 62.8 Å². The van der Waals surface area contributed by atoms with Crippen LogP contribution in [0.3, 0.4) is 0 Å². The molecule has 0 saturated heterocycles. The van der Waals surface area contributed by atoms with E-state index in [1.807, 2.05) is 24.3 Å². The van der Waals surface area contributed by atoms with E-state index in [-0.39, 0.29) is 5.91 Å². The van der Waals surface area contributed by atoms with Crippen LogP contribution in [0.2, 0.25) is 0 Å². The van der Waals surface area contributed by atoms with Crippen LogP contribution in [0.4, 0.5) is 0 Å². The maximum absolute atomic E-state index is 12.5. The summed E-state index contributed by atoms with van der Waals surface area (Å²) in [6.45, 7) is 2.57. The van der Waals surface area contributed by atoms with Crippen LogP contribution in [0.25, 0.3) is 0 Å². The topological polar surface area (TPSA) is 50.8 Å². The highest BCUT2D eigenvalue weighted by atomic mass is 79.9. The molecule has 1 aromatic carbocycles. The van der Waals surface area contributed by atoms with Crippen molar-refractivity contribution in [3.63, 3.8) is 0 Å². The average molecular weight is 423 g/mol. The van der Waals surface area contributed by atoms with Crippen molar-refractivity contribution < 1.29 is 14.3 Å². The number of carbonyl (C=O) groups is 1. The van der Waals surface area contributed by atoms with Gasteiger partial charge in [-0.25, -0.2) is 0 Å². The number of benzene rings is 1. The molecular formula is C20H27BrN2O3. The number of hydrogen-bond acceptors (Lipinski definition) is 4. The zero-order valence-corrected chi connectivity index (χ0v) is 17.0. The van der Waals surface area contributed by atoms with Gasteiger partial charge in [-0.2, -0.15) is 0 Å². The van der Waals surface area contributed by atoms with Gasteiger partial charge >= 0.3 is 0 Å². The summed E-state index contributed by atoms with van der Waals surface area (Å²) >= 11 is 3.40. The predicted octanol–water partition coefficient (Wildman–Crippen LogP) is 3.21. The fourth-order valence-corrected chi connectivity index (χ4v) is 4.26. The predicted molar refractivity (Wildman–Crippen MR) is 105 cm³/mol. The van der Waals surface area contributed by atoms with Crippen LogP contribution in [-0.2, 0) is 9.47 Å².